The number of hydrogen-bond acceptors (Lipinski definition) is 3. The van der Waals surface area contributed by atoms with Crippen molar-refractivity contribution in [3.63, 3.8) is 0 Å². The summed E-state index contributed by atoms with van der Waals surface area (Å²) in [5.41, 5.74) is 1.59. The molecule has 0 saturated carbocycles. The first-order valence-electron chi connectivity index (χ1n) is 6.48. The molecule has 22 heavy (non-hydrogen) atoms. The van der Waals surface area contributed by atoms with E-state index in [2.05, 4.69) is 5.32 Å². The zero-order chi connectivity index (χ0) is 16.1. The van der Waals surface area contributed by atoms with E-state index in [-0.39, 0.29) is 18.1 Å². The fourth-order valence-corrected chi connectivity index (χ4v) is 1.92. The molecule has 1 amide bonds. The van der Waals surface area contributed by atoms with Crippen molar-refractivity contribution in [1.82, 2.24) is 0 Å². The van der Waals surface area contributed by atoms with Crippen LogP contribution in [0.15, 0.2) is 42.5 Å². The number of nitrogens with one attached hydrogen (secondary N) is 1. The number of aromatic carboxylic acids is 1. The highest BCUT2D eigenvalue weighted by Gasteiger charge is 2.07. The largest absolute Gasteiger partial charge is 0.484 e. The van der Waals surface area contributed by atoms with Gasteiger partial charge < -0.3 is 15.2 Å². The smallest absolute Gasteiger partial charge is 0.335 e. The van der Waals surface area contributed by atoms with Crippen LogP contribution in [0.2, 0.25) is 5.02 Å². The number of halogens is 1. The van der Waals surface area contributed by atoms with Gasteiger partial charge in [0.2, 0.25) is 0 Å². The van der Waals surface area contributed by atoms with E-state index in [1.807, 2.05) is 6.92 Å². The molecule has 0 aliphatic heterocycles. The first kappa shape index (κ1) is 15.9. The fraction of sp³-hybridized carbons (Fsp3) is 0.125. The summed E-state index contributed by atoms with van der Waals surface area (Å²) in [5.74, 6) is -1.10. The first-order chi connectivity index (χ1) is 10.5. The molecule has 0 aromatic heterocycles. The van der Waals surface area contributed by atoms with Crippen LogP contribution in [0, 0.1) is 6.92 Å². The molecule has 0 atom stereocenters. The van der Waals surface area contributed by atoms with Gasteiger partial charge in [0, 0.05) is 10.7 Å². The molecule has 114 valence electrons. The van der Waals surface area contributed by atoms with Crippen molar-refractivity contribution in [3.05, 3.63) is 58.6 Å². The lowest BCUT2D eigenvalue weighted by Gasteiger charge is -2.09. The lowest BCUT2D eigenvalue weighted by molar-refractivity contribution is -0.118. The Morgan fingerprint density at radius 3 is 2.68 bits per heavy atom. The highest BCUT2D eigenvalue weighted by Crippen LogP contribution is 2.20. The Balaban J connectivity index is 1.94. The Morgan fingerprint density at radius 2 is 2.00 bits per heavy atom. The van der Waals surface area contributed by atoms with Gasteiger partial charge in [0.15, 0.2) is 6.61 Å². The zero-order valence-corrected chi connectivity index (χ0v) is 12.6. The number of hydrogen-bond donors (Lipinski definition) is 2. The number of anilines is 1. The van der Waals surface area contributed by atoms with Gasteiger partial charge in [-0.15, -0.1) is 0 Å². The minimum atomic E-state index is -1.05. The van der Waals surface area contributed by atoms with Crippen LogP contribution < -0.4 is 10.1 Å². The van der Waals surface area contributed by atoms with E-state index in [1.54, 1.807) is 30.3 Å². The lowest BCUT2D eigenvalue weighted by atomic mass is 10.2. The summed E-state index contributed by atoms with van der Waals surface area (Å²) in [5, 5.41) is 12.1. The van der Waals surface area contributed by atoms with E-state index in [0.29, 0.717) is 16.5 Å². The Labute approximate surface area is 132 Å². The van der Waals surface area contributed by atoms with E-state index in [1.165, 1.54) is 12.1 Å². The maximum atomic E-state index is 11.8. The molecular weight excluding hydrogens is 306 g/mol. The van der Waals surface area contributed by atoms with E-state index in [9.17, 15) is 9.59 Å². The molecule has 0 aliphatic carbocycles. The van der Waals surface area contributed by atoms with Crippen LogP contribution in [-0.4, -0.2) is 23.6 Å². The first-order valence-corrected chi connectivity index (χ1v) is 6.85. The second-order valence-electron chi connectivity index (χ2n) is 4.63. The van der Waals surface area contributed by atoms with Crippen molar-refractivity contribution in [2.45, 2.75) is 6.92 Å². The van der Waals surface area contributed by atoms with Gasteiger partial charge in [-0.1, -0.05) is 23.7 Å². The third kappa shape index (κ3) is 4.23. The normalized spacial score (nSPS) is 10.1. The number of carboxylic acid groups (broad SMARTS) is 1. The Hall–Kier alpha value is -2.53. The predicted octanol–water partition coefficient (Wildman–Crippen LogP) is 3.36. The summed E-state index contributed by atoms with van der Waals surface area (Å²) in [4.78, 5) is 22.6. The van der Waals surface area contributed by atoms with Crippen LogP contribution in [0.3, 0.4) is 0 Å². The number of carboxylic acids is 1. The maximum absolute atomic E-state index is 11.8. The summed E-state index contributed by atoms with van der Waals surface area (Å²) in [6.45, 7) is 1.64. The molecule has 0 bridgehead atoms. The molecule has 0 aliphatic rings. The molecule has 0 unspecified atom stereocenters. The van der Waals surface area contributed by atoms with Crippen LogP contribution in [0.25, 0.3) is 0 Å². The van der Waals surface area contributed by atoms with Crippen molar-refractivity contribution < 1.29 is 19.4 Å². The Kier molecular flexibility index (Phi) is 5.01. The minimum Gasteiger partial charge on any atom is -0.484 e. The Morgan fingerprint density at radius 1 is 1.23 bits per heavy atom. The molecule has 5 nitrogen and oxygen atoms in total. The molecule has 2 N–H and O–H groups in total. The number of benzene rings is 2. The summed E-state index contributed by atoms with van der Waals surface area (Å²) in [6, 6.07) is 11.1. The average Bonchev–Trinajstić information content (AvgIpc) is 2.49. The number of ether oxygens (including phenoxy) is 1. The van der Waals surface area contributed by atoms with Crippen LogP contribution in [0.1, 0.15) is 15.9 Å². The predicted molar refractivity (Wildman–Crippen MR) is 83.7 cm³/mol. The van der Waals surface area contributed by atoms with Gasteiger partial charge in [-0.05, 0) is 42.8 Å². The van der Waals surface area contributed by atoms with Crippen LogP contribution >= 0.6 is 11.6 Å². The van der Waals surface area contributed by atoms with Crippen molar-refractivity contribution >= 4 is 29.2 Å². The number of carbonyl (C=O) groups excluding carboxylic acids is 1. The number of rotatable bonds is 5. The van der Waals surface area contributed by atoms with Gasteiger partial charge in [-0.3, -0.25) is 4.79 Å². The van der Waals surface area contributed by atoms with Gasteiger partial charge in [0.1, 0.15) is 5.75 Å². The van der Waals surface area contributed by atoms with Crippen LogP contribution in [0.5, 0.6) is 5.75 Å². The van der Waals surface area contributed by atoms with Crippen molar-refractivity contribution in [2.24, 2.45) is 0 Å². The molecule has 6 heteroatoms. The number of carbonyl (C=O) groups is 2. The molecule has 0 radical (unpaired) electrons. The second-order valence-corrected chi connectivity index (χ2v) is 5.04. The van der Waals surface area contributed by atoms with E-state index < -0.39 is 5.97 Å². The lowest BCUT2D eigenvalue weighted by Crippen LogP contribution is -2.20. The molecule has 0 heterocycles. The van der Waals surface area contributed by atoms with Gasteiger partial charge in [0.25, 0.3) is 5.91 Å². The van der Waals surface area contributed by atoms with E-state index >= 15 is 0 Å². The molecule has 0 spiro atoms. The Bertz CT molecular complexity index is 715. The van der Waals surface area contributed by atoms with E-state index in [4.69, 9.17) is 21.4 Å². The zero-order valence-electron chi connectivity index (χ0n) is 11.8. The minimum absolute atomic E-state index is 0.100. The van der Waals surface area contributed by atoms with Crippen LogP contribution in [0.4, 0.5) is 5.69 Å². The van der Waals surface area contributed by atoms with Gasteiger partial charge >= 0.3 is 5.97 Å². The monoisotopic (exact) mass is 319 g/mol. The fourth-order valence-electron chi connectivity index (χ4n) is 1.74. The maximum Gasteiger partial charge on any atom is 0.335 e. The second kappa shape index (κ2) is 6.95. The summed E-state index contributed by atoms with van der Waals surface area (Å²) in [7, 11) is 0. The van der Waals surface area contributed by atoms with Crippen molar-refractivity contribution in [2.75, 3.05) is 11.9 Å². The quantitative estimate of drug-likeness (QED) is 0.886. The van der Waals surface area contributed by atoms with Gasteiger partial charge in [0.05, 0.1) is 5.56 Å². The molecular formula is C16H14ClNO4. The molecule has 2 rings (SSSR count). The molecule has 2 aromatic carbocycles. The molecule has 0 saturated heterocycles. The SMILES string of the molecule is Cc1ccc(NC(=O)COc2cccc(C(=O)O)c2)cc1Cl. The summed E-state index contributed by atoms with van der Waals surface area (Å²) < 4.78 is 5.28. The average molecular weight is 320 g/mol. The van der Waals surface area contributed by atoms with Gasteiger partial charge in [-0.25, -0.2) is 4.79 Å². The standard InChI is InChI=1S/C16H14ClNO4/c1-10-5-6-12(8-14(10)17)18-15(19)9-22-13-4-2-3-11(7-13)16(20)21/h2-8H,9H2,1H3,(H,18,19)(H,20,21). The highest BCUT2D eigenvalue weighted by atomic mass is 35.5. The topological polar surface area (TPSA) is 75.6 Å². The summed E-state index contributed by atoms with van der Waals surface area (Å²) >= 11 is 5.98. The molecule has 2 aromatic rings. The third-order valence-electron chi connectivity index (χ3n) is 2.91. The van der Waals surface area contributed by atoms with Gasteiger partial charge in [-0.2, -0.15) is 0 Å². The van der Waals surface area contributed by atoms with E-state index in [0.717, 1.165) is 5.56 Å². The number of amides is 1. The van der Waals surface area contributed by atoms with Crippen molar-refractivity contribution in [1.29, 1.82) is 0 Å². The van der Waals surface area contributed by atoms with Crippen LogP contribution in [-0.2, 0) is 4.79 Å². The number of aryl methyl sites for hydroxylation is 1. The third-order valence-corrected chi connectivity index (χ3v) is 3.31. The summed E-state index contributed by atoms with van der Waals surface area (Å²) in [6.07, 6.45) is 0. The van der Waals surface area contributed by atoms with Crippen molar-refractivity contribution in [3.8, 4) is 5.75 Å². The highest BCUT2D eigenvalue weighted by molar-refractivity contribution is 6.31. The molecule has 0 fully saturated rings.